The van der Waals surface area contributed by atoms with E-state index in [0.29, 0.717) is 5.91 Å². The van der Waals surface area contributed by atoms with Gasteiger partial charge in [0.25, 0.3) is 0 Å². The van der Waals surface area contributed by atoms with Crippen LogP contribution in [0.15, 0.2) is 0 Å². The first-order valence-electron chi connectivity index (χ1n) is 4.08. The van der Waals surface area contributed by atoms with E-state index < -0.39 is 0 Å². The Morgan fingerprint density at radius 3 is 2.36 bits per heavy atom. The Bertz CT molecular complexity index is 141. The molecule has 1 rings (SSSR count). The molecule has 0 aromatic carbocycles. The average molecular weight is 173 g/mol. The van der Waals surface area contributed by atoms with Crippen LogP contribution >= 0.6 is 11.8 Å². The van der Waals surface area contributed by atoms with Crippen molar-refractivity contribution < 1.29 is 4.79 Å². The largest absolute Gasteiger partial charge is 0.341 e. The predicted octanol–water partition coefficient (Wildman–Crippen LogP) is 1.22. The second-order valence-corrected chi connectivity index (χ2v) is 4.32. The van der Waals surface area contributed by atoms with Gasteiger partial charge in [0.2, 0.25) is 5.91 Å². The number of carbonyl (C=O) groups is 1. The van der Waals surface area contributed by atoms with Crippen LogP contribution in [0.1, 0.15) is 13.8 Å². The van der Waals surface area contributed by atoms with E-state index >= 15 is 0 Å². The molecule has 0 radical (unpaired) electrons. The third-order valence-electron chi connectivity index (χ3n) is 1.82. The van der Waals surface area contributed by atoms with Gasteiger partial charge >= 0.3 is 0 Å². The second kappa shape index (κ2) is 4.00. The van der Waals surface area contributed by atoms with Crippen molar-refractivity contribution in [1.82, 2.24) is 4.90 Å². The number of nitrogens with zero attached hydrogens (tertiary/aromatic N) is 1. The molecule has 0 aromatic rings. The Kier molecular flexibility index (Phi) is 3.24. The molecule has 0 spiro atoms. The highest BCUT2D eigenvalue weighted by Gasteiger charge is 2.18. The lowest BCUT2D eigenvalue weighted by atomic mass is 10.2. The molecule has 0 bridgehead atoms. The van der Waals surface area contributed by atoms with Gasteiger partial charge in [-0.1, -0.05) is 13.8 Å². The van der Waals surface area contributed by atoms with E-state index in [0.717, 1.165) is 24.6 Å². The Morgan fingerprint density at radius 2 is 1.91 bits per heavy atom. The van der Waals surface area contributed by atoms with Gasteiger partial charge in [-0.05, 0) is 0 Å². The molecule has 0 aliphatic carbocycles. The quantitative estimate of drug-likeness (QED) is 0.594. The maximum absolute atomic E-state index is 11.4. The van der Waals surface area contributed by atoms with Crippen LogP contribution in [0.25, 0.3) is 0 Å². The molecule has 1 fully saturated rings. The fourth-order valence-corrected chi connectivity index (χ4v) is 2.05. The van der Waals surface area contributed by atoms with Crippen LogP contribution in [-0.4, -0.2) is 35.4 Å². The van der Waals surface area contributed by atoms with Gasteiger partial charge in [0, 0.05) is 30.5 Å². The normalized spacial score (nSPS) is 19.0. The van der Waals surface area contributed by atoms with Crippen molar-refractivity contribution in [2.45, 2.75) is 13.8 Å². The van der Waals surface area contributed by atoms with Crippen molar-refractivity contribution in [3.05, 3.63) is 0 Å². The van der Waals surface area contributed by atoms with Crippen LogP contribution in [-0.2, 0) is 4.79 Å². The zero-order valence-electron chi connectivity index (χ0n) is 7.17. The molecule has 1 saturated heterocycles. The number of thioether (sulfide) groups is 1. The van der Waals surface area contributed by atoms with Crippen molar-refractivity contribution in [3.8, 4) is 0 Å². The predicted molar refractivity (Wildman–Crippen MR) is 48.7 cm³/mol. The highest BCUT2D eigenvalue weighted by Crippen LogP contribution is 2.11. The first-order valence-corrected chi connectivity index (χ1v) is 5.24. The molecule has 0 unspecified atom stereocenters. The van der Waals surface area contributed by atoms with Gasteiger partial charge in [-0.3, -0.25) is 4.79 Å². The van der Waals surface area contributed by atoms with E-state index in [9.17, 15) is 4.79 Å². The molecule has 0 N–H and O–H groups in total. The number of rotatable bonds is 1. The van der Waals surface area contributed by atoms with Crippen LogP contribution in [0.2, 0.25) is 0 Å². The van der Waals surface area contributed by atoms with Gasteiger partial charge in [-0.2, -0.15) is 11.8 Å². The molecule has 2 nitrogen and oxygen atoms in total. The molecule has 64 valence electrons. The summed E-state index contributed by atoms with van der Waals surface area (Å²) in [5.41, 5.74) is 0. The molecule has 1 aliphatic rings. The summed E-state index contributed by atoms with van der Waals surface area (Å²) in [6.45, 7) is 5.82. The van der Waals surface area contributed by atoms with Crippen LogP contribution in [0.5, 0.6) is 0 Å². The Hall–Kier alpha value is -0.180. The Labute approximate surface area is 72.3 Å². The smallest absolute Gasteiger partial charge is 0.225 e. The topological polar surface area (TPSA) is 20.3 Å². The van der Waals surface area contributed by atoms with Crippen molar-refractivity contribution in [2.24, 2.45) is 5.92 Å². The molecule has 1 aliphatic heterocycles. The molecule has 0 atom stereocenters. The third kappa shape index (κ3) is 2.40. The maximum atomic E-state index is 11.4. The standard InChI is InChI=1S/C8H15NOS/c1-7(2)8(10)9-3-5-11-6-4-9/h7H,3-6H2,1-2H3. The molecule has 0 saturated carbocycles. The van der Waals surface area contributed by atoms with E-state index in [2.05, 4.69) is 0 Å². The zero-order valence-corrected chi connectivity index (χ0v) is 7.99. The zero-order chi connectivity index (χ0) is 8.27. The minimum absolute atomic E-state index is 0.165. The second-order valence-electron chi connectivity index (χ2n) is 3.09. The van der Waals surface area contributed by atoms with Gasteiger partial charge < -0.3 is 4.90 Å². The number of hydrogen-bond acceptors (Lipinski definition) is 2. The van der Waals surface area contributed by atoms with Crippen molar-refractivity contribution in [2.75, 3.05) is 24.6 Å². The Morgan fingerprint density at radius 1 is 1.36 bits per heavy atom. The number of carbonyl (C=O) groups excluding carboxylic acids is 1. The van der Waals surface area contributed by atoms with Crippen molar-refractivity contribution >= 4 is 17.7 Å². The summed E-state index contributed by atoms with van der Waals surface area (Å²) in [5.74, 6) is 2.69. The fraction of sp³-hybridized carbons (Fsp3) is 0.875. The summed E-state index contributed by atoms with van der Waals surface area (Å²) >= 11 is 1.93. The highest BCUT2D eigenvalue weighted by molar-refractivity contribution is 7.99. The number of hydrogen-bond donors (Lipinski definition) is 0. The van der Waals surface area contributed by atoms with Gasteiger partial charge in [0.1, 0.15) is 0 Å². The summed E-state index contributed by atoms with van der Waals surface area (Å²) in [6, 6.07) is 0. The summed E-state index contributed by atoms with van der Waals surface area (Å²) in [6.07, 6.45) is 0. The first-order chi connectivity index (χ1) is 5.22. The lowest BCUT2D eigenvalue weighted by Gasteiger charge is -2.27. The maximum Gasteiger partial charge on any atom is 0.225 e. The lowest BCUT2D eigenvalue weighted by molar-refractivity contribution is -0.134. The molecule has 0 aromatic heterocycles. The molecular weight excluding hydrogens is 158 g/mol. The third-order valence-corrected chi connectivity index (χ3v) is 2.76. The summed E-state index contributed by atoms with van der Waals surface area (Å²) in [5, 5.41) is 0. The van der Waals surface area contributed by atoms with E-state index in [-0.39, 0.29) is 5.92 Å². The van der Waals surface area contributed by atoms with Crippen LogP contribution in [0.3, 0.4) is 0 Å². The average Bonchev–Trinajstić information content (AvgIpc) is 2.05. The first kappa shape index (κ1) is 8.91. The molecule has 1 heterocycles. The van der Waals surface area contributed by atoms with Crippen LogP contribution < -0.4 is 0 Å². The van der Waals surface area contributed by atoms with Gasteiger partial charge in [-0.15, -0.1) is 0 Å². The monoisotopic (exact) mass is 173 g/mol. The van der Waals surface area contributed by atoms with Crippen LogP contribution in [0.4, 0.5) is 0 Å². The van der Waals surface area contributed by atoms with E-state index in [4.69, 9.17) is 0 Å². The van der Waals surface area contributed by atoms with Crippen molar-refractivity contribution in [1.29, 1.82) is 0 Å². The molecule has 3 heteroatoms. The summed E-state index contributed by atoms with van der Waals surface area (Å²) in [4.78, 5) is 13.4. The van der Waals surface area contributed by atoms with Crippen LogP contribution in [0, 0.1) is 5.92 Å². The molecule has 1 amide bonds. The van der Waals surface area contributed by atoms with Crippen molar-refractivity contribution in [3.63, 3.8) is 0 Å². The minimum atomic E-state index is 0.165. The van der Waals surface area contributed by atoms with Gasteiger partial charge in [-0.25, -0.2) is 0 Å². The molecule has 11 heavy (non-hydrogen) atoms. The number of amides is 1. The van der Waals surface area contributed by atoms with Gasteiger partial charge in [0.15, 0.2) is 0 Å². The summed E-state index contributed by atoms with van der Waals surface area (Å²) < 4.78 is 0. The molecular formula is C8H15NOS. The van der Waals surface area contributed by atoms with E-state index in [1.807, 2.05) is 30.5 Å². The minimum Gasteiger partial charge on any atom is -0.341 e. The van der Waals surface area contributed by atoms with E-state index in [1.165, 1.54) is 0 Å². The SMILES string of the molecule is CC(C)C(=O)N1CCSCC1. The summed E-state index contributed by atoms with van der Waals surface area (Å²) in [7, 11) is 0. The fourth-order valence-electron chi connectivity index (χ4n) is 1.15. The Balaban J connectivity index is 2.39. The van der Waals surface area contributed by atoms with E-state index in [1.54, 1.807) is 0 Å². The van der Waals surface area contributed by atoms with Gasteiger partial charge in [0.05, 0.1) is 0 Å². The highest BCUT2D eigenvalue weighted by atomic mass is 32.2. The lowest BCUT2D eigenvalue weighted by Crippen LogP contribution is -2.40.